The number of cyclic esters (lactones) is 1. The molecule has 2 heterocycles. The molecule has 0 bridgehead atoms. The van der Waals surface area contributed by atoms with E-state index in [-0.39, 0.29) is 24.8 Å². The lowest BCUT2D eigenvalue weighted by molar-refractivity contribution is -0.134. The summed E-state index contributed by atoms with van der Waals surface area (Å²) >= 11 is 6.78. The van der Waals surface area contributed by atoms with E-state index < -0.39 is 11.9 Å². The van der Waals surface area contributed by atoms with Gasteiger partial charge in [0.05, 0.1) is 4.47 Å². The van der Waals surface area contributed by atoms with Crippen LogP contribution in [0.15, 0.2) is 50.0 Å². The maximum absolute atomic E-state index is 12.4. The number of ether oxygens (including phenoxy) is 4. The Morgan fingerprint density at radius 2 is 2.00 bits per heavy atom. The Morgan fingerprint density at radius 1 is 1.21 bits per heavy atom. The van der Waals surface area contributed by atoms with Crippen LogP contribution in [0.4, 0.5) is 0 Å². The van der Waals surface area contributed by atoms with E-state index in [9.17, 15) is 9.59 Å². The van der Waals surface area contributed by atoms with Gasteiger partial charge in [-0.1, -0.05) is 22.9 Å². The van der Waals surface area contributed by atoms with Crippen LogP contribution in [-0.4, -0.2) is 24.6 Å². The van der Waals surface area contributed by atoms with Crippen molar-refractivity contribution < 1.29 is 28.5 Å². The molecule has 2 aliphatic heterocycles. The SMILES string of the molecule is CCC(=O)Oc1c(Br)cc(Br)cc1/C=C1/N=C(c2ccc3c(c2)OCO3)OC1=O. The van der Waals surface area contributed by atoms with Crippen molar-refractivity contribution in [3.63, 3.8) is 0 Å². The highest BCUT2D eigenvalue weighted by Gasteiger charge is 2.26. The van der Waals surface area contributed by atoms with Gasteiger partial charge in [-0.25, -0.2) is 9.79 Å². The zero-order chi connectivity index (χ0) is 20.5. The molecule has 2 aromatic carbocycles. The zero-order valence-electron chi connectivity index (χ0n) is 15.0. The summed E-state index contributed by atoms with van der Waals surface area (Å²) in [5.74, 6) is 0.625. The van der Waals surface area contributed by atoms with Crippen LogP contribution >= 0.6 is 31.9 Å². The van der Waals surface area contributed by atoms with Gasteiger partial charge in [0.15, 0.2) is 22.9 Å². The van der Waals surface area contributed by atoms with Crippen LogP contribution in [0.25, 0.3) is 6.08 Å². The Labute approximate surface area is 182 Å². The summed E-state index contributed by atoms with van der Waals surface area (Å²) in [4.78, 5) is 28.4. The van der Waals surface area contributed by atoms with Gasteiger partial charge < -0.3 is 18.9 Å². The molecule has 2 aliphatic rings. The molecule has 29 heavy (non-hydrogen) atoms. The normalized spacial score (nSPS) is 16.0. The van der Waals surface area contributed by atoms with Crippen molar-refractivity contribution in [2.45, 2.75) is 13.3 Å². The van der Waals surface area contributed by atoms with Gasteiger partial charge in [-0.05, 0) is 52.3 Å². The summed E-state index contributed by atoms with van der Waals surface area (Å²) in [6.07, 6.45) is 1.73. The number of carbonyl (C=O) groups excluding carboxylic acids is 2. The summed E-state index contributed by atoms with van der Waals surface area (Å²) in [5, 5.41) is 0. The third-order valence-electron chi connectivity index (χ3n) is 4.07. The Morgan fingerprint density at radius 3 is 2.79 bits per heavy atom. The molecule has 0 aliphatic carbocycles. The first-order chi connectivity index (χ1) is 13.9. The average molecular weight is 523 g/mol. The molecule has 7 nitrogen and oxygen atoms in total. The van der Waals surface area contributed by atoms with E-state index in [4.69, 9.17) is 18.9 Å². The van der Waals surface area contributed by atoms with Crippen LogP contribution in [0.3, 0.4) is 0 Å². The van der Waals surface area contributed by atoms with Crippen LogP contribution < -0.4 is 14.2 Å². The Hall–Kier alpha value is -2.65. The molecule has 0 spiro atoms. The number of halogens is 2. The zero-order valence-corrected chi connectivity index (χ0v) is 18.2. The van der Waals surface area contributed by atoms with Crippen LogP contribution in [-0.2, 0) is 14.3 Å². The number of rotatable bonds is 4. The second-order valence-corrected chi connectivity index (χ2v) is 7.81. The molecule has 0 atom stereocenters. The monoisotopic (exact) mass is 521 g/mol. The van der Waals surface area contributed by atoms with Crippen LogP contribution in [0, 0.1) is 0 Å². The lowest BCUT2D eigenvalue weighted by Gasteiger charge is -2.10. The first kappa shape index (κ1) is 19.7. The highest BCUT2D eigenvalue weighted by Crippen LogP contribution is 2.36. The minimum absolute atomic E-state index is 0.0801. The molecule has 2 aromatic rings. The maximum Gasteiger partial charge on any atom is 0.363 e. The Balaban J connectivity index is 1.71. The molecule has 0 saturated heterocycles. The summed E-state index contributed by atoms with van der Waals surface area (Å²) in [5.41, 5.74) is 1.16. The lowest BCUT2D eigenvalue weighted by atomic mass is 10.1. The molecule has 9 heteroatoms. The van der Waals surface area contributed by atoms with Gasteiger partial charge in [-0.2, -0.15) is 0 Å². The van der Waals surface area contributed by atoms with Crippen molar-refractivity contribution in [1.82, 2.24) is 0 Å². The predicted molar refractivity (Wildman–Crippen MR) is 111 cm³/mol. The second kappa shape index (κ2) is 8.00. The predicted octanol–water partition coefficient (Wildman–Crippen LogP) is 4.60. The minimum Gasteiger partial charge on any atom is -0.454 e. The molecule has 0 N–H and O–H groups in total. The number of fused-ring (bicyclic) bond motifs is 1. The molecule has 0 unspecified atom stereocenters. The van der Waals surface area contributed by atoms with Crippen molar-refractivity contribution >= 4 is 55.8 Å². The van der Waals surface area contributed by atoms with Crippen molar-refractivity contribution in [2.75, 3.05) is 6.79 Å². The van der Waals surface area contributed by atoms with Gasteiger partial charge >= 0.3 is 11.9 Å². The third-order valence-corrected chi connectivity index (χ3v) is 5.12. The van der Waals surface area contributed by atoms with E-state index in [0.29, 0.717) is 32.8 Å². The van der Waals surface area contributed by atoms with Gasteiger partial charge in [0.1, 0.15) is 0 Å². The topological polar surface area (TPSA) is 83.4 Å². The smallest absolute Gasteiger partial charge is 0.363 e. The number of aliphatic imine (C=N–C) groups is 1. The maximum atomic E-state index is 12.4. The molecule has 0 saturated carbocycles. The molecule has 148 valence electrons. The highest BCUT2D eigenvalue weighted by atomic mass is 79.9. The molecule has 0 radical (unpaired) electrons. The largest absolute Gasteiger partial charge is 0.454 e. The standard InChI is InChI=1S/C20H13Br2NO6/c1-2-17(24)28-18-11(5-12(21)8-13(18)22)6-14-20(25)29-19(23-14)10-3-4-15-16(7-10)27-9-26-15/h3-8H,2,9H2,1H3/b14-6+. The minimum atomic E-state index is -0.610. The summed E-state index contributed by atoms with van der Waals surface area (Å²) in [6.45, 7) is 1.84. The van der Waals surface area contributed by atoms with E-state index >= 15 is 0 Å². The lowest BCUT2D eigenvalue weighted by Crippen LogP contribution is -2.07. The van der Waals surface area contributed by atoms with Crippen LogP contribution in [0.5, 0.6) is 17.2 Å². The fraction of sp³-hybridized carbons (Fsp3) is 0.150. The number of hydrogen-bond acceptors (Lipinski definition) is 7. The Bertz CT molecular complexity index is 1090. The molecule has 0 amide bonds. The molecule has 0 aromatic heterocycles. The highest BCUT2D eigenvalue weighted by molar-refractivity contribution is 9.11. The fourth-order valence-electron chi connectivity index (χ4n) is 2.69. The second-order valence-electron chi connectivity index (χ2n) is 6.04. The van der Waals surface area contributed by atoms with E-state index in [1.165, 1.54) is 6.08 Å². The molecule has 0 fully saturated rings. The van der Waals surface area contributed by atoms with Crippen molar-refractivity contribution in [3.8, 4) is 17.2 Å². The Kier molecular flexibility index (Phi) is 5.42. The third kappa shape index (κ3) is 4.06. The quantitative estimate of drug-likeness (QED) is 0.331. The summed E-state index contributed by atoms with van der Waals surface area (Å²) < 4.78 is 22.6. The van der Waals surface area contributed by atoms with Crippen molar-refractivity contribution in [1.29, 1.82) is 0 Å². The van der Waals surface area contributed by atoms with Crippen molar-refractivity contribution in [2.24, 2.45) is 4.99 Å². The number of carbonyl (C=O) groups is 2. The van der Waals surface area contributed by atoms with Crippen molar-refractivity contribution in [3.05, 3.63) is 56.1 Å². The van der Waals surface area contributed by atoms with Gasteiger partial charge in [-0.15, -0.1) is 0 Å². The summed E-state index contributed by atoms with van der Waals surface area (Å²) in [7, 11) is 0. The number of esters is 2. The fourth-order valence-corrected chi connectivity index (χ4v) is 4.03. The number of nitrogens with zero attached hydrogens (tertiary/aromatic N) is 1. The molecule has 4 rings (SSSR count). The van der Waals surface area contributed by atoms with E-state index in [0.717, 1.165) is 4.47 Å². The molecular weight excluding hydrogens is 510 g/mol. The van der Waals surface area contributed by atoms with Crippen LogP contribution in [0.1, 0.15) is 24.5 Å². The van der Waals surface area contributed by atoms with E-state index in [1.807, 2.05) is 0 Å². The first-order valence-electron chi connectivity index (χ1n) is 8.57. The summed E-state index contributed by atoms with van der Waals surface area (Å²) in [6, 6.07) is 8.61. The van der Waals surface area contributed by atoms with E-state index in [2.05, 4.69) is 36.9 Å². The number of hydrogen-bond donors (Lipinski definition) is 0. The van der Waals surface area contributed by atoms with Gasteiger partial charge in [0.25, 0.3) is 0 Å². The van der Waals surface area contributed by atoms with E-state index in [1.54, 1.807) is 37.3 Å². The average Bonchev–Trinajstić information content (AvgIpc) is 3.30. The van der Waals surface area contributed by atoms with Gasteiger partial charge in [-0.3, -0.25) is 4.79 Å². The molecular formula is C20H13Br2NO6. The first-order valence-corrected chi connectivity index (χ1v) is 10.2. The van der Waals surface area contributed by atoms with Gasteiger partial charge in [0, 0.05) is 22.0 Å². The number of benzene rings is 2. The van der Waals surface area contributed by atoms with Gasteiger partial charge in [0.2, 0.25) is 12.7 Å². The van der Waals surface area contributed by atoms with Crippen LogP contribution in [0.2, 0.25) is 0 Å².